The van der Waals surface area contributed by atoms with Crippen LogP contribution in [0.1, 0.15) is 50.6 Å². The Kier molecular flexibility index (Phi) is 6.10. The lowest BCUT2D eigenvalue weighted by molar-refractivity contribution is 0.108. The van der Waals surface area contributed by atoms with E-state index in [1.54, 1.807) is 12.3 Å². The van der Waals surface area contributed by atoms with Gasteiger partial charge in [-0.25, -0.2) is 4.79 Å². The van der Waals surface area contributed by atoms with Gasteiger partial charge < -0.3 is 9.30 Å². The molecule has 1 atom stereocenters. The van der Waals surface area contributed by atoms with E-state index in [9.17, 15) is 10.1 Å². The average molecular weight is 511 g/mol. The van der Waals surface area contributed by atoms with Gasteiger partial charge in [0.05, 0.1) is 33.2 Å². The number of hydrogen-bond acceptors (Lipinski definition) is 4. The number of rotatable bonds is 6. The third-order valence-electron chi connectivity index (χ3n) is 7.57. The van der Waals surface area contributed by atoms with E-state index < -0.39 is 6.09 Å². The highest BCUT2D eigenvalue weighted by Gasteiger charge is 2.31. The molecule has 2 heterocycles. The van der Waals surface area contributed by atoms with Crippen LogP contribution in [-0.4, -0.2) is 21.7 Å². The van der Waals surface area contributed by atoms with Gasteiger partial charge in [-0.2, -0.15) is 5.26 Å². The summed E-state index contributed by atoms with van der Waals surface area (Å²) in [4.78, 5) is 16.9. The van der Waals surface area contributed by atoms with Crippen LogP contribution >= 0.6 is 11.6 Å². The van der Waals surface area contributed by atoms with Gasteiger partial charge in [0.1, 0.15) is 12.2 Å². The average Bonchev–Trinajstić information content (AvgIpc) is 3.68. The van der Waals surface area contributed by atoms with Crippen LogP contribution in [0.15, 0.2) is 60.8 Å². The van der Waals surface area contributed by atoms with Gasteiger partial charge in [0.15, 0.2) is 0 Å². The summed E-state index contributed by atoms with van der Waals surface area (Å²) in [6, 6.07) is 20.3. The van der Waals surface area contributed by atoms with Crippen molar-refractivity contribution >= 4 is 34.3 Å². The summed E-state index contributed by atoms with van der Waals surface area (Å²) >= 11 is 6.64. The van der Waals surface area contributed by atoms with Gasteiger partial charge in [0.25, 0.3) is 0 Å². The fourth-order valence-corrected chi connectivity index (χ4v) is 5.39. The van der Waals surface area contributed by atoms with E-state index in [1.165, 1.54) is 0 Å². The maximum atomic E-state index is 12.4. The van der Waals surface area contributed by atoms with Gasteiger partial charge in [-0.1, -0.05) is 35.9 Å². The van der Waals surface area contributed by atoms with Crippen molar-refractivity contribution < 1.29 is 9.53 Å². The van der Waals surface area contributed by atoms with E-state index in [0.29, 0.717) is 28.2 Å². The Morgan fingerprint density at radius 2 is 1.95 bits per heavy atom. The number of anilines is 1. The molecule has 2 aliphatic carbocycles. The summed E-state index contributed by atoms with van der Waals surface area (Å²) in [7, 11) is 0. The highest BCUT2D eigenvalue weighted by Crippen LogP contribution is 2.44. The summed E-state index contributed by atoms with van der Waals surface area (Å²) in [5, 5.41) is 14.3. The number of carbonyl (C=O) groups is 1. The largest absolute Gasteiger partial charge is 0.446 e. The molecule has 1 N–H and O–H groups in total. The van der Waals surface area contributed by atoms with Crippen LogP contribution in [-0.2, 0) is 4.74 Å². The molecule has 1 amide bonds. The molecule has 0 radical (unpaired) electrons. The number of benzene rings is 2. The number of amides is 1. The molecule has 0 aliphatic heterocycles. The summed E-state index contributed by atoms with van der Waals surface area (Å²) in [6.07, 6.45) is 6.67. The third-order valence-corrected chi connectivity index (χ3v) is 7.89. The number of halogens is 1. The zero-order valence-corrected chi connectivity index (χ0v) is 21.3. The van der Waals surface area contributed by atoms with Gasteiger partial charge in [-0.15, -0.1) is 0 Å². The molecule has 0 saturated heterocycles. The maximum absolute atomic E-state index is 12.4. The van der Waals surface area contributed by atoms with Crippen LogP contribution in [0.2, 0.25) is 5.02 Å². The van der Waals surface area contributed by atoms with E-state index in [-0.39, 0.29) is 6.10 Å². The van der Waals surface area contributed by atoms with Crippen molar-refractivity contribution in [2.45, 2.75) is 51.2 Å². The predicted molar refractivity (Wildman–Crippen MR) is 146 cm³/mol. The molecule has 6 rings (SSSR count). The molecule has 186 valence electrons. The second-order valence-corrected chi connectivity index (χ2v) is 10.4. The monoisotopic (exact) mass is 510 g/mol. The zero-order chi connectivity index (χ0) is 25.5. The van der Waals surface area contributed by atoms with Crippen LogP contribution in [0.25, 0.3) is 33.4 Å². The number of aromatic nitrogens is 2. The number of fused-ring (bicyclic) bond motifs is 1. The molecule has 0 bridgehead atoms. The van der Waals surface area contributed by atoms with Crippen LogP contribution in [0.3, 0.4) is 0 Å². The molecule has 0 unspecified atom stereocenters. The standard InChI is InChI=1S/C30H27ClN4O2/c1-18(19-8-9-19)37-30(36)34-27-13-11-21(15-25(27)31)29-24(17-32)23-12-10-20(26-7-2-3-14-33-26)16-28(23)35(29)22-5-4-6-22/h2-3,7,10-16,18-19,22H,4-6,8-9H2,1H3,(H,34,36)/t18-/m1/s1. The number of nitrogens with one attached hydrogen (secondary N) is 1. The lowest BCUT2D eigenvalue weighted by Crippen LogP contribution is -2.21. The van der Waals surface area contributed by atoms with Crippen molar-refractivity contribution in [1.29, 1.82) is 5.26 Å². The second kappa shape index (κ2) is 9.57. The Balaban J connectivity index is 1.40. The van der Waals surface area contributed by atoms with E-state index in [0.717, 1.165) is 65.5 Å². The lowest BCUT2D eigenvalue weighted by atomic mass is 9.92. The van der Waals surface area contributed by atoms with Gasteiger partial charge >= 0.3 is 6.09 Å². The second-order valence-electron chi connectivity index (χ2n) is 10.0. The van der Waals surface area contributed by atoms with Crippen molar-refractivity contribution in [2.75, 3.05) is 5.32 Å². The van der Waals surface area contributed by atoms with Crippen molar-refractivity contribution in [2.24, 2.45) is 5.92 Å². The fraction of sp³-hybridized carbons (Fsp3) is 0.300. The molecule has 2 saturated carbocycles. The lowest BCUT2D eigenvalue weighted by Gasteiger charge is -2.30. The van der Waals surface area contributed by atoms with Gasteiger partial charge in [0.2, 0.25) is 0 Å². The molecule has 4 aromatic rings. The minimum atomic E-state index is -0.502. The zero-order valence-electron chi connectivity index (χ0n) is 20.6. The molecule has 0 spiro atoms. The highest BCUT2D eigenvalue weighted by atomic mass is 35.5. The van der Waals surface area contributed by atoms with E-state index in [2.05, 4.69) is 27.0 Å². The number of hydrogen-bond donors (Lipinski definition) is 1. The Bertz CT molecular complexity index is 1530. The molecule has 37 heavy (non-hydrogen) atoms. The fourth-order valence-electron chi connectivity index (χ4n) is 5.16. The first-order valence-corrected chi connectivity index (χ1v) is 13.2. The van der Waals surface area contributed by atoms with Crippen molar-refractivity contribution in [3.05, 3.63) is 71.4 Å². The smallest absolute Gasteiger partial charge is 0.411 e. The van der Waals surface area contributed by atoms with E-state index >= 15 is 0 Å². The minimum Gasteiger partial charge on any atom is -0.446 e. The van der Waals surface area contributed by atoms with Crippen molar-refractivity contribution in [3.8, 4) is 28.6 Å². The first-order valence-electron chi connectivity index (χ1n) is 12.8. The number of pyridine rings is 1. The topological polar surface area (TPSA) is 79.9 Å². The van der Waals surface area contributed by atoms with Crippen LogP contribution in [0, 0.1) is 17.2 Å². The minimum absolute atomic E-state index is 0.106. The molecule has 2 fully saturated rings. The van der Waals surface area contributed by atoms with Gasteiger partial charge in [-0.05, 0) is 75.3 Å². The van der Waals surface area contributed by atoms with Gasteiger partial charge in [0, 0.05) is 28.8 Å². The molecular formula is C30H27ClN4O2. The third kappa shape index (κ3) is 4.45. The summed E-state index contributed by atoms with van der Waals surface area (Å²) in [5.41, 5.74) is 5.75. The number of nitriles is 1. The first kappa shape index (κ1) is 23.6. The quantitative estimate of drug-likeness (QED) is 0.285. The first-order chi connectivity index (χ1) is 18.0. The number of nitrogens with zero attached hydrogens (tertiary/aromatic N) is 3. The Morgan fingerprint density at radius 1 is 1.14 bits per heavy atom. The molecular weight excluding hydrogens is 484 g/mol. The van der Waals surface area contributed by atoms with Crippen molar-refractivity contribution in [1.82, 2.24) is 9.55 Å². The van der Waals surface area contributed by atoms with Crippen LogP contribution < -0.4 is 5.32 Å². The van der Waals surface area contributed by atoms with Gasteiger partial charge in [-0.3, -0.25) is 10.3 Å². The SMILES string of the molecule is C[C@@H](OC(=O)Nc1ccc(-c2c(C#N)c3ccc(-c4ccccn4)cc3n2C2CCC2)cc1Cl)C1CC1. The predicted octanol–water partition coefficient (Wildman–Crippen LogP) is 7.97. The summed E-state index contributed by atoms with van der Waals surface area (Å²) in [6.45, 7) is 1.92. The Morgan fingerprint density at radius 3 is 2.59 bits per heavy atom. The number of ether oxygens (including phenoxy) is 1. The van der Waals surface area contributed by atoms with E-state index in [1.807, 2.05) is 49.4 Å². The van der Waals surface area contributed by atoms with Crippen LogP contribution in [0.5, 0.6) is 0 Å². The molecule has 2 aliphatic rings. The summed E-state index contributed by atoms with van der Waals surface area (Å²) in [5.74, 6) is 0.458. The molecule has 2 aromatic carbocycles. The Hall–Kier alpha value is -3.82. The van der Waals surface area contributed by atoms with Crippen LogP contribution in [0.4, 0.5) is 10.5 Å². The molecule has 7 heteroatoms. The molecule has 2 aromatic heterocycles. The maximum Gasteiger partial charge on any atom is 0.411 e. The summed E-state index contributed by atoms with van der Waals surface area (Å²) < 4.78 is 7.78. The number of carbonyl (C=O) groups excluding carboxylic acids is 1. The molecule has 6 nitrogen and oxygen atoms in total. The highest BCUT2D eigenvalue weighted by molar-refractivity contribution is 6.34. The van der Waals surface area contributed by atoms with Crippen molar-refractivity contribution in [3.63, 3.8) is 0 Å². The van der Waals surface area contributed by atoms with E-state index in [4.69, 9.17) is 16.3 Å². The Labute approximate surface area is 220 Å². The normalized spacial score (nSPS) is 16.1.